The lowest BCUT2D eigenvalue weighted by Gasteiger charge is -2.25. The molecule has 0 aromatic carbocycles. The molecule has 204 valence electrons. The third kappa shape index (κ3) is 10.9. The van der Waals surface area contributed by atoms with Gasteiger partial charge in [-0.15, -0.1) is 0 Å². The summed E-state index contributed by atoms with van der Waals surface area (Å²) in [6, 6.07) is 0. The van der Waals surface area contributed by atoms with Crippen LogP contribution >= 0.6 is 0 Å². The molecule has 8 heteroatoms. The minimum atomic E-state index is -0.903. The number of Topliss-reactive ketones (excluding diaryl/α,β-unsaturated/α-hetero) is 2. The van der Waals surface area contributed by atoms with E-state index in [0.29, 0.717) is 26.4 Å². The van der Waals surface area contributed by atoms with E-state index in [-0.39, 0.29) is 36.2 Å². The van der Waals surface area contributed by atoms with Gasteiger partial charge in [-0.05, 0) is 39.5 Å². The maximum absolute atomic E-state index is 13.0. The van der Waals surface area contributed by atoms with Gasteiger partial charge in [-0.1, -0.05) is 38.5 Å². The number of ketones is 2. The normalized spacial score (nSPS) is 19.1. The Morgan fingerprint density at radius 2 is 1.00 bits per heavy atom. The van der Waals surface area contributed by atoms with Gasteiger partial charge in [-0.3, -0.25) is 9.59 Å². The highest BCUT2D eigenvalue weighted by Gasteiger charge is 2.32. The molecule has 0 aromatic rings. The first-order valence-electron chi connectivity index (χ1n) is 13.8. The maximum Gasteiger partial charge on any atom is 0.331 e. The van der Waals surface area contributed by atoms with Crippen LogP contribution in [0.4, 0.5) is 0 Å². The van der Waals surface area contributed by atoms with Crippen LogP contribution in [0.3, 0.4) is 0 Å². The number of hydrogen-bond donors (Lipinski definition) is 0. The quantitative estimate of drug-likeness (QED) is 0.170. The Labute approximate surface area is 215 Å². The van der Waals surface area contributed by atoms with Crippen LogP contribution in [0.1, 0.15) is 90.9 Å². The van der Waals surface area contributed by atoms with Crippen molar-refractivity contribution in [2.24, 2.45) is 11.8 Å². The highest BCUT2D eigenvalue weighted by molar-refractivity contribution is 5.95. The highest BCUT2D eigenvalue weighted by Crippen LogP contribution is 2.28. The molecule has 0 amide bonds. The van der Waals surface area contributed by atoms with E-state index in [9.17, 15) is 19.2 Å². The Balaban J connectivity index is 1.94. The van der Waals surface area contributed by atoms with E-state index in [1.54, 1.807) is 0 Å². The van der Waals surface area contributed by atoms with Crippen molar-refractivity contribution in [2.75, 3.05) is 26.4 Å². The summed E-state index contributed by atoms with van der Waals surface area (Å²) in [4.78, 5) is 50.8. The minimum Gasteiger partial charge on any atom is -0.451 e. The number of esters is 2. The lowest BCUT2D eigenvalue weighted by molar-refractivity contribution is -0.155. The summed E-state index contributed by atoms with van der Waals surface area (Å²) in [5, 5.41) is 0. The number of carbonyl (C=O) groups is 4. The zero-order valence-electron chi connectivity index (χ0n) is 22.0. The number of carbonyl (C=O) groups excluding carboxylic acids is 4. The lowest BCUT2D eigenvalue weighted by atomic mass is 9.84. The van der Waals surface area contributed by atoms with Gasteiger partial charge < -0.3 is 18.9 Å². The van der Waals surface area contributed by atoms with Gasteiger partial charge in [0.25, 0.3) is 0 Å². The molecule has 0 bridgehead atoms. The summed E-state index contributed by atoms with van der Waals surface area (Å²) in [6.45, 7) is 5.35. The molecule has 0 spiro atoms. The van der Waals surface area contributed by atoms with E-state index in [4.69, 9.17) is 18.9 Å². The fraction of sp³-hybridized carbons (Fsp3) is 0.786. The van der Waals surface area contributed by atoms with Gasteiger partial charge in [-0.2, -0.15) is 0 Å². The smallest absolute Gasteiger partial charge is 0.331 e. The van der Waals surface area contributed by atoms with Crippen LogP contribution in [-0.2, 0) is 38.1 Å². The molecule has 2 saturated carbocycles. The summed E-state index contributed by atoms with van der Waals surface area (Å²) in [6.07, 6.45) is 10.1. The van der Waals surface area contributed by atoms with Gasteiger partial charge in [0.15, 0.2) is 23.8 Å². The van der Waals surface area contributed by atoms with Gasteiger partial charge in [0.1, 0.15) is 0 Å². The van der Waals surface area contributed by atoms with Crippen molar-refractivity contribution >= 4 is 23.5 Å². The predicted molar refractivity (Wildman–Crippen MR) is 134 cm³/mol. The average Bonchev–Trinajstić information content (AvgIpc) is 2.91. The molecule has 2 unspecified atom stereocenters. The molecule has 8 nitrogen and oxygen atoms in total. The summed E-state index contributed by atoms with van der Waals surface area (Å²) in [5.74, 6) is -1.95. The van der Waals surface area contributed by atoms with E-state index in [0.717, 1.165) is 76.4 Å². The van der Waals surface area contributed by atoms with Crippen molar-refractivity contribution in [2.45, 2.75) is 103 Å². The second-order valence-corrected chi connectivity index (χ2v) is 9.63. The van der Waals surface area contributed by atoms with Crippen molar-refractivity contribution in [3.8, 4) is 0 Å². The Kier molecular flexibility index (Phi) is 14.6. The van der Waals surface area contributed by atoms with Crippen LogP contribution in [-0.4, -0.2) is 62.1 Å². The Bertz CT molecular complexity index is 659. The molecule has 0 N–H and O–H groups in total. The second-order valence-electron chi connectivity index (χ2n) is 9.63. The molecule has 0 heterocycles. The van der Waals surface area contributed by atoms with Gasteiger partial charge in [0.05, 0.1) is 13.2 Å². The summed E-state index contributed by atoms with van der Waals surface area (Å²) in [5.41, 5.74) is 0. The zero-order valence-corrected chi connectivity index (χ0v) is 22.0. The van der Waals surface area contributed by atoms with Crippen LogP contribution < -0.4 is 0 Å². The van der Waals surface area contributed by atoms with Crippen molar-refractivity contribution in [3.05, 3.63) is 12.2 Å². The molecule has 2 rings (SSSR count). The molecular weight excluding hydrogens is 464 g/mol. The molecule has 0 saturated heterocycles. The number of hydrogen-bond acceptors (Lipinski definition) is 8. The monoisotopic (exact) mass is 508 g/mol. The Hall–Kier alpha value is -2.06. The number of ether oxygens (including phenoxy) is 4. The van der Waals surface area contributed by atoms with Gasteiger partial charge in [-0.25, -0.2) is 9.59 Å². The molecule has 0 radical (unpaired) electrons. The van der Waals surface area contributed by atoms with E-state index in [1.165, 1.54) is 0 Å². The molecule has 2 fully saturated rings. The van der Waals surface area contributed by atoms with Crippen molar-refractivity contribution in [3.63, 3.8) is 0 Å². The van der Waals surface area contributed by atoms with Crippen LogP contribution in [0.25, 0.3) is 0 Å². The van der Waals surface area contributed by atoms with Crippen molar-refractivity contribution in [1.82, 2.24) is 0 Å². The van der Waals surface area contributed by atoms with Crippen LogP contribution in [0, 0.1) is 11.8 Å². The first-order valence-corrected chi connectivity index (χ1v) is 13.8. The van der Waals surface area contributed by atoms with Crippen LogP contribution in [0.2, 0.25) is 0 Å². The fourth-order valence-electron chi connectivity index (χ4n) is 4.98. The molecule has 36 heavy (non-hydrogen) atoms. The first-order chi connectivity index (χ1) is 17.5. The predicted octanol–water partition coefficient (Wildman–Crippen LogP) is 4.52. The fourth-order valence-corrected chi connectivity index (χ4v) is 4.98. The zero-order chi connectivity index (χ0) is 26.2. The van der Waals surface area contributed by atoms with E-state index in [1.807, 2.05) is 13.8 Å². The summed E-state index contributed by atoms with van der Waals surface area (Å²) in [7, 11) is 0. The summed E-state index contributed by atoms with van der Waals surface area (Å²) >= 11 is 0. The minimum absolute atomic E-state index is 0.0761. The highest BCUT2D eigenvalue weighted by atomic mass is 16.6. The van der Waals surface area contributed by atoms with Gasteiger partial charge in [0.2, 0.25) is 0 Å². The average molecular weight is 509 g/mol. The lowest BCUT2D eigenvalue weighted by Crippen LogP contribution is -2.35. The third-order valence-electron chi connectivity index (χ3n) is 6.98. The topological polar surface area (TPSA) is 105 Å². The van der Waals surface area contributed by atoms with Crippen molar-refractivity contribution < 1.29 is 38.1 Å². The van der Waals surface area contributed by atoms with Crippen LogP contribution in [0.15, 0.2) is 12.2 Å². The largest absolute Gasteiger partial charge is 0.451 e. The van der Waals surface area contributed by atoms with Gasteiger partial charge >= 0.3 is 11.9 Å². The molecule has 2 atom stereocenters. The maximum atomic E-state index is 13.0. The van der Waals surface area contributed by atoms with E-state index >= 15 is 0 Å². The Morgan fingerprint density at radius 1 is 0.639 bits per heavy atom. The molecule has 0 aromatic heterocycles. The Morgan fingerprint density at radius 3 is 1.33 bits per heavy atom. The van der Waals surface area contributed by atoms with E-state index < -0.39 is 24.1 Å². The van der Waals surface area contributed by atoms with Gasteiger partial charge in [0, 0.05) is 50.0 Å². The first kappa shape index (κ1) is 30.2. The molecular formula is C28H44O8. The van der Waals surface area contributed by atoms with E-state index in [2.05, 4.69) is 0 Å². The molecule has 2 aliphatic carbocycles. The van der Waals surface area contributed by atoms with Crippen LogP contribution in [0.5, 0.6) is 0 Å². The summed E-state index contributed by atoms with van der Waals surface area (Å²) < 4.78 is 21.6. The SMILES string of the molecule is CCOCCC(OC(=O)/C=C/C(=O)OC(CCOCC)C(=O)C1CCCCC1)C(=O)C1CCCCC1. The van der Waals surface area contributed by atoms with Crippen molar-refractivity contribution in [1.29, 1.82) is 0 Å². The number of rotatable bonds is 16. The third-order valence-corrected chi connectivity index (χ3v) is 6.98. The molecule has 2 aliphatic rings. The second kappa shape index (κ2) is 17.4. The molecule has 0 aliphatic heterocycles. The standard InChI is InChI=1S/C28H44O8/c1-3-33-19-17-23(27(31)21-11-7-5-8-12-21)35-25(29)15-16-26(30)36-24(18-20-34-4-2)28(32)22-13-9-6-10-14-22/h15-16,21-24H,3-14,17-20H2,1-2H3/b16-15+.